The summed E-state index contributed by atoms with van der Waals surface area (Å²) in [6.45, 7) is 0.806. The molecule has 0 saturated carbocycles. The van der Waals surface area contributed by atoms with E-state index in [1.807, 2.05) is 78.9 Å². The van der Waals surface area contributed by atoms with Crippen LogP contribution >= 0.6 is 0 Å². The summed E-state index contributed by atoms with van der Waals surface area (Å²) in [6, 6.07) is 30.0. The predicted molar refractivity (Wildman–Crippen MR) is 120 cm³/mol. The highest BCUT2D eigenvalue weighted by atomic mass is 16.5. The number of hydrogen-bond acceptors (Lipinski definition) is 4. The fourth-order valence-electron chi connectivity index (χ4n) is 2.98. The average Bonchev–Trinajstić information content (AvgIpc) is 2.83. The number of anilines is 1. The van der Waals surface area contributed by atoms with Crippen molar-refractivity contribution in [3.63, 3.8) is 0 Å². The molecule has 0 fully saturated rings. The molecule has 1 heterocycles. The van der Waals surface area contributed by atoms with Crippen molar-refractivity contribution >= 4 is 11.6 Å². The lowest BCUT2D eigenvalue weighted by Gasteiger charge is -2.10. The molecule has 0 aliphatic rings. The number of carbonyl (C=O) groups is 1. The van der Waals surface area contributed by atoms with Gasteiger partial charge in [0.15, 0.2) is 0 Å². The summed E-state index contributed by atoms with van der Waals surface area (Å²) in [5.41, 5.74) is 3.08. The second-order valence-electron chi connectivity index (χ2n) is 6.89. The van der Waals surface area contributed by atoms with Crippen molar-refractivity contribution in [3.05, 3.63) is 120 Å². The molecule has 0 aliphatic carbocycles. The Balaban J connectivity index is 1.36. The molecular formula is C26H22N2O3. The predicted octanol–water partition coefficient (Wildman–Crippen LogP) is 5.49. The summed E-state index contributed by atoms with van der Waals surface area (Å²) in [7, 11) is 0. The molecule has 0 bridgehead atoms. The van der Waals surface area contributed by atoms with Crippen molar-refractivity contribution in [1.29, 1.82) is 0 Å². The summed E-state index contributed by atoms with van der Waals surface area (Å²) in [5.74, 6) is 1.08. The Morgan fingerprint density at radius 1 is 0.742 bits per heavy atom. The summed E-state index contributed by atoms with van der Waals surface area (Å²) in [5, 5.41) is 2.91. The molecule has 31 heavy (non-hydrogen) atoms. The Morgan fingerprint density at radius 2 is 1.48 bits per heavy atom. The second kappa shape index (κ2) is 10.1. The normalized spacial score (nSPS) is 10.3. The van der Waals surface area contributed by atoms with Gasteiger partial charge in [0.05, 0.1) is 5.69 Å². The molecule has 1 amide bonds. The Bertz CT molecular complexity index is 1130. The highest BCUT2D eigenvalue weighted by Crippen LogP contribution is 2.20. The fraction of sp³-hybridized carbons (Fsp3) is 0.0769. The lowest BCUT2D eigenvalue weighted by atomic mass is 10.2. The topological polar surface area (TPSA) is 60.5 Å². The Labute approximate surface area is 181 Å². The van der Waals surface area contributed by atoms with Crippen LogP contribution in [0, 0.1) is 0 Å². The van der Waals surface area contributed by atoms with Crippen molar-refractivity contribution < 1.29 is 14.3 Å². The fourth-order valence-corrected chi connectivity index (χ4v) is 2.98. The molecule has 4 aromatic rings. The quantitative estimate of drug-likeness (QED) is 0.417. The Hall–Kier alpha value is -4.12. The van der Waals surface area contributed by atoms with Gasteiger partial charge in [-0.2, -0.15) is 0 Å². The van der Waals surface area contributed by atoms with E-state index in [4.69, 9.17) is 9.47 Å². The molecule has 3 aromatic carbocycles. The van der Waals surface area contributed by atoms with E-state index in [2.05, 4.69) is 10.3 Å². The van der Waals surface area contributed by atoms with E-state index in [1.54, 1.807) is 24.4 Å². The van der Waals surface area contributed by atoms with Crippen molar-refractivity contribution in [2.75, 3.05) is 5.32 Å². The monoisotopic (exact) mass is 410 g/mol. The van der Waals surface area contributed by atoms with Crippen LogP contribution in [0.1, 0.15) is 21.6 Å². The van der Waals surface area contributed by atoms with E-state index >= 15 is 0 Å². The molecule has 4 rings (SSSR count). The second-order valence-corrected chi connectivity index (χ2v) is 6.89. The van der Waals surface area contributed by atoms with Gasteiger partial charge in [-0.25, -0.2) is 0 Å². The van der Waals surface area contributed by atoms with Crippen molar-refractivity contribution in [1.82, 2.24) is 4.98 Å². The highest BCUT2D eigenvalue weighted by Gasteiger charge is 2.08. The van der Waals surface area contributed by atoms with E-state index in [-0.39, 0.29) is 5.91 Å². The van der Waals surface area contributed by atoms with Gasteiger partial charge in [-0.1, -0.05) is 48.5 Å². The van der Waals surface area contributed by atoms with Crippen LogP contribution < -0.4 is 14.8 Å². The first-order valence-electron chi connectivity index (χ1n) is 9.97. The third kappa shape index (κ3) is 5.93. The number of nitrogens with zero attached hydrogens (tertiary/aromatic N) is 1. The minimum atomic E-state index is -0.216. The summed E-state index contributed by atoms with van der Waals surface area (Å²) in [4.78, 5) is 17.0. The molecule has 0 spiro atoms. The minimum Gasteiger partial charge on any atom is -0.489 e. The van der Waals surface area contributed by atoms with Gasteiger partial charge < -0.3 is 14.8 Å². The van der Waals surface area contributed by atoms with Gasteiger partial charge in [0.25, 0.3) is 5.91 Å². The smallest absolute Gasteiger partial charge is 0.255 e. The maximum absolute atomic E-state index is 12.7. The molecule has 154 valence electrons. The van der Waals surface area contributed by atoms with E-state index in [9.17, 15) is 4.79 Å². The molecule has 0 radical (unpaired) electrons. The van der Waals surface area contributed by atoms with Gasteiger partial charge in [-0.15, -0.1) is 0 Å². The van der Waals surface area contributed by atoms with Crippen LogP contribution in [-0.2, 0) is 13.2 Å². The zero-order chi connectivity index (χ0) is 21.3. The van der Waals surface area contributed by atoms with Gasteiger partial charge in [0, 0.05) is 23.5 Å². The molecule has 0 unspecified atom stereocenters. The summed E-state index contributed by atoms with van der Waals surface area (Å²) in [6.07, 6.45) is 1.73. The summed E-state index contributed by atoms with van der Waals surface area (Å²) < 4.78 is 11.6. The highest BCUT2D eigenvalue weighted by molar-refractivity contribution is 6.04. The molecule has 5 nitrogen and oxygen atoms in total. The number of benzene rings is 3. The van der Waals surface area contributed by atoms with Crippen LogP contribution in [0.25, 0.3) is 0 Å². The molecule has 0 aliphatic heterocycles. The number of amides is 1. The van der Waals surface area contributed by atoms with E-state index in [1.165, 1.54) is 0 Å². The van der Waals surface area contributed by atoms with Gasteiger partial charge in [0.1, 0.15) is 24.7 Å². The van der Waals surface area contributed by atoms with Crippen LogP contribution in [0.3, 0.4) is 0 Å². The van der Waals surface area contributed by atoms with Gasteiger partial charge in [-0.3, -0.25) is 9.78 Å². The molecule has 1 aromatic heterocycles. The molecule has 1 N–H and O–H groups in total. The first kappa shape index (κ1) is 20.2. The van der Waals surface area contributed by atoms with Gasteiger partial charge in [0.2, 0.25) is 0 Å². The van der Waals surface area contributed by atoms with Crippen LogP contribution in [0.15, 0.2) is 103 Å². The van der Waals surface area contributed by atoms with Crippen LogP contribution in [0.5, 0.6) is 11.5 Å². The minimum absolute atomic E-state index is 0.216. The van der Waals surface area contributed by atoms with Crippen LogP contribution in [-0.4, -0.2) is 10.9 Å². The van der Waals surface area contributed by atoms with Crippen LogP contribution in [0.4, 0.5) is 5.69 Å². The zero-order valence-electron chi connectivity index (χ0n) is 16.9. The third-order valence-corrected chi connectivity index (χ3v) is 4.55. The SMILES string of the molecule is O=C(Nc1cccc(OCc2ccccn2)c1)c1cccc(OCc2ccccc2)c1. The third-order valence-electron chi connectivity index (χ3n) is 4.55. The van der Waals surface area contributed by atoms with Gasteiger partial charge in [-0.05, 0) is 48.0 Å². The number of ether oxygens (including phenoxy) is 2. The van der Waals surface area contributed by atoms with Crippen molar-refractivity contribution in [3.8, 4) is 11.5 Å². The number of carbonyl (C=O) groups excluding carboxylic acids is 1. The molecular weight excluding hydrogens is 388 g/mol. The van der Waals surface area contributed by atoms with E-state index < -0.39 is 0 Å². The number of rotatable bonds is 8. The Kier molecular flexibility index (Phi) is 6.55. The van der Waals surface area contributed by atoms with Crippen molar-refractivity contribution in [2.45, 2.75) is 13.2 Å². The number of hydrogen-bond donors (Lipinski definition) is 1. The average molecular weight is 410 g/mol. The number of aromatic nitrogens is 1. The largest absolute Gasteiger partial charge is 0.489 e. The number of nitrogens with one attached hydrogen (secondary N) is 1. The lowest BCUT2D eigenvalue weighted by Crippen LogP contribution is -2.12. The lowest BCUT2D eigenvalue weighted by molar-refractivity contribution is 0.102. The molecule has 5 heteroatoms. The standard InChI is InChI=1S/C26H22N2O3/c29-26(21-10-6-13-24(16-21)30-18-20-8-2-1-3-9-20)28-22-12-7-14-25(17-22)31-19-23-11-4-5-15-27-23/h1-17H,18-19H2,(H,28,29). The van der Waals surface area contributed by atoms with Gasteiger partial charge >= 0.3 is 0 Å². The van der Waals surface area contributed by atoms with Crippen molar-refractivity contribution in [2.24, 2.45) is 0 Å². The molecule has 0 atom stereocenters. The van der Waals surface area contributed by atoms with E-state index in [0.717, 1.165) is 11.3 Å². The first-order valence-corrected chi connectivity index (χ1v) is 9.97. The maximum atomic E-state index is 12.7. The molecule has 0 saturated heterocycles. The first-order chi connectivity index (χ1) is 15.3. The Morgan fingerprint density at radius 3 is 2.29 bits per heavy atom. The number of pyridine rings is 1. The van der Waals surface area contributed by atoms with Crippen LogP contribution in [0.2, 0.25) is 0 Å². The maximum Gasteiger partial charge on any atom is 0.255 e. The summed E-state index contributed by atoms with van der Waals surface area (Å²) >= 11 is 0. The van der Waals surface area contributed by atoms with E-state index in [0.29, 0.717) is 36.0 Å². The zero-order valence-corrected chi connectivity index (χ0v) is 16.9.